The number of piperidine rings is 1. The third kappa shape index (κ3) is 3.49. The first-order valence-electron chi connectivity index (χ1n) is 7.06. The Bertz CT molecular complexity index is 482. The van der Waals surface area contributed by atoms with Crippen molar-refractivity contribution >= 4 is 17.3 Å². The van der Waals surface area contributed by atoms with Gasteiger partial charge in [0.05, 0.1) is 12.1 Å². The summed E-state index contributed by atoms with van der Waals surface area (Å²) in [6.45, 7) is 5.35. The molecule has 0 aliphatic carbocycles. The van der Waals surface area contributed by atoms with E-state index in [9.17, 15) is 9.90 Å². The molecule has 0 spiro atoms. The first-order chi connectivity index (χ1) is 9.47. The number of hydrogen-bond donors (Lipinski definition) is 3. The molecule has 0 saturated carbocycles. The Morgan fingerprint density at radius 1 is 1.45 bits per heavy atom. The van der Waals surface area contributed by atoms with E-state index in [1.807, 2.05) is 26.0 Å². The molecule has 2 rings (SSSR count). The second kappa shape index (κ2) is 6.24. The van der Waals surface area contributed by atoms with E-state index in [-0.39, 0.29) is 18.1 Å². The van der Waals surface area contributed by atoms with Crippen LogP contribution in [0.15, 0.2) is 18.2 Å². The fourth-order valence-corrected chi connectivity index (χ4v) is 2.45. The van der Waals surface area contributed by atoms with Crippen LogP contribution in [-0.4, -0.2) is 41.1 Å². The van der Waals surface area contributed by atoms with Crippen LogP contribution in [-0.2, 0) is 4.79 Å². The van der Waals surface area contributed by atoms with Crippen LogP contribution in [0.25, 0.3) is 0 Å². The van der Waals surface area contributed by atoms with Crippen molar-refractivity contribution in [2.75, 3.05) is 24.1 Å². The molecule has 1 saturated heterocycles. The van der Waals surface area contributed by atoms with Crippen molar-refractivity contribution in [2.45, 2.75) is 38.8 Å². The number of nitrogens with zero attached hydrogens (tertiary/aromatic N) is 1. The van der Waals surface area contributed by atoms with Gasteiger partial charge in [0, 0.05) is 24.5 Å². The number of aryl methyl sites for hydroxylation is 1. The summed E-state index contributed by atoms with van der Waals surface area (Å²) in [6, 6.07) is 5.29. The van der Waals surface area contributed by atoms with Crippen molar-refractivity contribution in [3.8, 4) is 0 Å². The topological polar surface area (TPSA) is 78.6 Å². The number of nitrogens with one attached hydrogen (secondary N) is 1. The zero-order valence-corrected chi connectivity index (χ0v) is 12.1. The van der Waals surface area contributed by atoms with E-state index in [0.29, 0.717) is 5.69 Å². The van der Waals surface area contributed by atoms with Gasteiger partial charge < -0.3 is 16.2 Å². The number of likely N-dealkylation sites (tertiary alicyclic amines) is 1. The average Bonchev–Trinajstić information content (AvgIpc) is 2.43. The van der Waals surface area contributed by atoms with Gasteiger partial charge in [0.25, 0.3) is 0 Å². The summed E-state index contributed by atoms with van der Waals surface area (Å²) in [6.07, 6.45) is 1.24. The van der Waals surface area contributed by atoms with Crippen LogP contribution in [0.5, 0.6) is 0 Å². The molecule has 0 radical (unpaired) electrons. The smallest absolute Gasteiger partial charge is 0.241 e. The Kier molecular flexibility index (Phi) is 4.62. The van der Waals surface area contributed by atoms with Gasteiger partial charge in [-0.15, -0.1) is 0 Å². The van der Waals surface area contributed by atoms with Crippen molar-refractivity contribution in [1.29, 1.82) is 0 Å². The largest absolute Gasteiger partial charge is 0.399 e. The number of anilines is 2. The second-order valence-corrected chi connectivity index (χ2v) is 5.51. The zero-order chi connectivity index (χ0) is 14.7. The van der Waals surface area contributed by atoms with E-state index < -0.39 is 0 Å². The summed E-state index contributed by atoms with van der Waals surface area (Å²) in [7, 11) is 0. The highest BCUT2D eigenvalue weighted by Crippen LogP contribution is 2.19. The van der Waals surface area contributed by atoms with E-state index in [4.69, 9.17) is 5.73 Å². The lowest BCUT2D eigenvalue weighted by Crippen LogP contribution is -2.47. The minimum atomic E-state index is -0.224. The number of carbonyl (C=O) groups excluding carboxylic acids is 1. The van der Waals surface area contributed by atoms with Crippen LogP contribution in [0.2, 0.25) is 0 Å². The molecular formula is C15H23N3O2. The predicted octanol–water partition coefficient (Wildman–Crippen LogP) is 1.36. The molecule has 20 heavy (non-hydrogen) atoms. The van der Waals surface area contributed by atoms with Crippen LogP contribution in [0.1, 0.15) is 25.3 Å². The maximum atomic E-state index is 12.3. The van der Waals surface area contributed by atoms with Crippen molar-refractivity contribution in [2.24, 2.45) is 0 Å². The number of hydrogen-bond acceptors (Lipinski definition) is 4. The van der Waals surface area contributed by atoms with Gasteiger partial charge in [0.15, 0.2) is 0 Å². The third-order valence-corrected chi connectivity index (χ3v) is 3.95. The Labute approximate surface area is 119 Å². The molecule has 1 aliphatic heterocycles. The predicted molar refractivity (Wildman–Crippen MR) is 80.5 cm³/mol. The molecule has 1 aliphatic rings. The van der Waals surface area contributed by atoms with Gasteiger partial charge in [-0.25, -0.2) is 0 Å². The maximum Gasteiger partial charge on any atom is 0.241 e. The summed E-state index contributed by atoms with van der Waals surface area (Å²) in [5.74, 6) is -0.0323. The molecule has 1 aromatic carbocycles. The lowest BCUT2D eigenvalue weighted by molar-refractivity contribution is -0.121. The van der Waals surface area contributed by atoms with Gasteiger partial charge in [-0.2, -0.15) is 0 Å². The number of aliphatic hydroxyl groups excluding tert-OH is 1. The average molecular weight is 277 g/mol. The summed E-state index contributed by atoms with van der Waals surface area (Å²) < 4.78 is 0. The Morgan fingerprint density at radius 3 is 2.75 bits per heavy atom. The van der Waals surface area contributed by atoms with Crippen LogP contribution in [0.4, 0.5) is 11.4 Å². The van der Waals surface area contributed by atoms with Crippen molar-refractivity contribution < 1.29 is 9.90 Å². The molecule has 1 heterocycles. The lowest BCUT2D eigenvalue weighted by atomic mass is 10.1. The van der Waals surface area contributed by atoms with Crippen molar-refractivity contribution in [3.63, 3.8) is 0 Å². The first kappa shape index (κ1) is 14.8. The number of amides is 1. The molecule has 1 atom stereocenters. The van der Waals surface area contributed by atoms with Gasteiger partial charge in [0.2, 0.25) is 5.91 Å². The van der Waals surface area contributed by atoms with Crippen LogP contribution in [0.3, 0.4) is 0 Å². The molecule has 0 bridgehead atoms. The van der Waals surface area contributed by atoms with Crippen LogP contribution < -0.4 is 11.1 Å². The van der Waals surface area contributed by atoms with E-state index >= 15 is 0 Å². The number of benzene rings is 1. The molecular weight excluding hydrogens is 254 g/mol. The van der Waals surface area contributed by atoms with Gasteiger partial charge >= 0.3 is 0 Å². The van der Waals surface area contributed by atoms with Gasteiger partial charge in [-0.3, -0.25) is 9.69 Å². The maximum absolute atomic E-state index is 12.3. The molecule has 1 unspecified atom stereocenters. The van der Waals surface area contributed by atoms with E-state index in [2.05, 4.69) is 10.2 Å². The van der Waals surface area contributed by atoms with E-state index in [0.717, 1.165) is 37.2 Å². The van der Waals surface area contributed by atoms with E-state index in [1.165, 1.54) is 0 Å². The number of carbonyl (C=O) groups is 1. The van der Waals surface area contributed by atoms with Gasteiger partial charge in [0.1, 0.15) is 0 Å². The molecule has 1 fully saturated rings. The highest BCUT2D eigenvalue weighted by atomic mass is 16.3. The van der Waals surface area contributed by atoms with Crippen LogP contribution >= 0.6 is 0 Å². The molecule has 5 heteroatoms. The third-order valence-electron chi connectivity index (χ3n) is 3.95. The molecule has 1 amide bonds. The van der Waals surface area contributed by atoms with Crippen LogP contribution in [0, 0.1) is 6.92 Å². The van der Waals surface area contributed by atoms with Gasteiger partial charge in [-0.05, 0) is 44.4 Å². The summed E-state index contributed by atoms with van der Waals surface area (Å²) in [4.78, 5) is 14.4. The highest BCUT2D eigenvalue weighted by Gasteiger charge is 2.25. The minimum Gasteiger partial charge on any atom is -0.399 e. The summed E-state index contributed by atoms with van der Waals surface area (Å²) in [5.41, 5.74) is 8.14. The zero-order valence-electron chi connectivity index (χ0n) is 12.1. The Balaban J connectivity index is 1.99. The number of nitrogens with two attached hydrogens (primary N) is 1. The Morgan fingerprint density at radius 2 is 2.10 bits per heavy atom. The second-order valence-electron chi connectivity index (χ2n) is 5.51. The number of nitrogen functional groups attached to an aromatic ring is 1. The van der Waals surface area contributed by atoms with Crippen molar-refractivity contribution in [1.82, 2.24) is 4.90 Å². The minimum absolute atomic E-state index is 0.0323. The van der Waals surface area contributed by atoms with Crippen molar-refractivity contribution in [3.05, 3.63) is 23.8 Å². The quantitative estimate of drug-likeness (QED) is 0.729. The Hall–Kier alpha value is -1.59. The number of aliphatic hydroxyl groups is 1. The summed E-state index contributed by atoms with van der Waals surface area (Å²) >= 11 is 0. The highest BCUT2D eigenvalue weighted by molar-refractivity contribution is 5.95. The normalized spacial score (nSPS) is 18.8. The van der Waals surface area contributed by atoms with E-state index in [1.54, 1.807) is 6.07 Å². The monoisotopic (exact) mass is 277 g/mol. The molecule has 110 valence electrons. The molecule has 0 aromatic heterocycles. The van der Waals surface area contributed by atoms with Gasteiger partial charge in [-0.1, -0.05) is 6.07 Å². The fourth-order valence-electron chi connectivity index (χ4n) is 2.45. The molecule has 4 N–H and O–H groups in total. The molecule has 5 nitrogen and oxygen atoms in total. The lowest BCUT2D eigenvalue weighted by Gasteiger charge is -2.33. The summed E-state index contributed by atoms with van der Waals surface area (Å²) in [5, 5.41) is 12.4. The number of rotatable bonds is 3. The SMILES string of the molecule is Cc1ccc(N)cc1NC(=O)C(C)N1CCC(O)CC1. The standard InChI is InChI=1S/C15H23N3O2/c1-10-3-4-12(16)9-14(10)17-15(20)11(2)18-7-5-13(19)6-8-18/h3-4,9,11,13,19H,5-8,16H2,1-2H3,(H,17,20). The molecule has 1 aromatic rings. The first-order valence-corrected chi connectivity index (χ1v) is 7.06. The fraction of sp³-hybridized carbons (Fsp3) is 0.533.